The Kier molecular flexibility index (Phi) is 4.39. The van der Waals surface area contributed by atoms with Crippen molar-refractivity contribution in [3.05, 3.63) is 23.2 Å². The van der Waals surface area contributed by atoms with E-state index in [4.69, 9.17) is 16.3 Å². The van der Waals surface area contributed by atoms with Crippen LogP contribution < -0.4 is 10.1 Å². The fraction of sp³-hybridized carbons (Fsp3) is 0.529. The molecule has 3 rings (SSSR count). The molecule has 5 heteroatoms. The van der Waals surface area contributed by atoms with Crippen LogP contribution in [0.3, 0.4) is 0 Å². The predicted octanol–water partition coefficient (Wildman–Crippen LogP) is 3.68. The summed E-state index contributed by atoms with van der Waals surface area (Å²) in [5.41, 5.74) is 0.585. The standard InChI is InChI=1S/C17H20ClNO3/c1-22-15-6-5-13(18)9-14(15)19-17(21)12-7-10-3-2-4-11(8-12)16(10)20/h5-6,9-12H,2-4,7-8H2,1H3,(H,19,21)/t10-,11-/m1/s1. The van der Waals surface area contributed by atoms with E-state index in [1.165, 1.54) is 0 Å². The molecule has 2 atom stereocenters. The Balaban J connectivity index is 1.73. The average molecular weight is 322 g/mol. The van der Waals surface area contributed by atoms with Gasteiger partial charge in [0.25, 0.3) is 0 Å². The first-order valence-electron chi connectivity index (χ1n) is 7.76. The van der Waals surface area contributed by atoms with Crippen molar-refractivity contribution in [1.29, 1.82) is 0 Å². The van der Waals surface area contributed by atoms with Gasteiger partial charge in [-0.15, -0.1) is 0 Å². The minimum atomic E-state index is -0.100. The maximum atomic E-state index is 12.6. The number of rotatable bonds is 3. The highest BCUT2D eigenvalue weighted by molar-refractivity contribution is 6.31. The monoisotopic (exact) mass is 321 g/mol. The number of fused-ring (bicyclic) bond motifs is 2. The molecule has 0 heterocycles. The molecule has 0 aliphatic heterocycles. The maximum absolute atomic E-state index is 12.6. The molecule has 2 aliphatic carbocycles. The molecule has 0 unspecified atom stereocenters. The van der Waals surface area contributed by atoms with E-state index in [9.17, 15) is 9.59 Å². The average Bonchev–Trinajstić information content (AvgIpc) is 2.47. The van der Waals surface area contributed by atoms with Gasteiger partial charge in [0.2, 0.25) is 5.91 Å². The van der Waals surface area contributed by atoms with Crippen molar-refractivity contribution in [3.8, 4) is 5.75 Å². The molecule has 22 heavy (non-hydrogen) atoms. The van der Waals surface area contributed by atoms with Crippen LogP contribution in [0, 0.1) is 17.8 Å². The van der Waals surface area contributed by atoms with E-state index in [-0.39, 0.29) is 23.7 Å². The van der Waals surface area contributed by atoms with Crippen LogP contribution in [0.4, 0.5) is 5.69 Å². The number of ketones is 1. The van der Waals surface area contributed by atoms with Crippen molar-refractivity contribution in [3.63, 3.8) is 0 Å². The molecule has 1 N–H and O–H groups in total. The molecule has 1 aromatic rings. The third kappa shape index (κ3) is 2.98. The van der Waals surface area contributed by atoms with Gasteiger partial charge in [0.05, 0.1) is 12.8 Å². The molecule has 2 fully saturated rings. The van der Waals surface area contributed by atoms with E-state index in [2.05, 4.69) is 5.32 Å². The Hall–Kier alpha value is -1.55. The van der Waals surface area contributed by atoms with E-state index in [1.807, 2.05) is 0 Å². The van der Waals surface area contributed by atoms with E-state index in [0.29, 0.717) is 35.1 Å². The molecule has 1 aromatic carbocycles. The van der Waals surface area contributed by atoms with Gasteiger partial charge in [-0.3, -0.25) is 9.59 Å². The van der Waals surface area contributed by atoms with Gasteiger partial charge in [-0.1, -0.05) is 18.0 Å². The second kappa shape index (κ2) is 6.29. The Bertz CT molecular complexity index is 586. The van der Waals surface area contributed by atoms with Crippen molar-refractivity contribution >= 4 is 29.0 Å². The summed E-state index contributed by atoms with van der Waals surface area (Å²) in [5.74, 6) is 0.969. The predicted molar refractivity (Wildman–Crippen MR) is 85.2 cm³/mol. The molecule has 0 radical (unpaired) electrons. The summed E-state index contributed by atoms with van der Waals surface area (Å²) >= 11 is 5.99. The van der Waals surface area contributed by atoms with E-state index in [1.54, 1.807) is 25.3 Å². The summed E-state index contributed by atoms with van der Waals surface area (Å²) in [6.07, 6.45) is 4.31. The molecule has 2 bridgehead atoms. The number of methoxy groups -OCH3 is 1. The second-order valence-corrected chi connectivity index (χ2v) is 6.67. The van der Waals surface area contributed by atoms with Crippen LogP contribution in [0.5, 0.6) is 5.75 Å². The number of carbonyl (C=O) groups is 2. The summed E-state index contributed by atoms with van der Waals surface area (Å²) in [7, 11) is 1.56. The number of anilines is 1. The lowest BCUT2D eigenvalue weighted by Crippen LogP contribution is -2.40. The molecule has 1 amide bonds. The SMILES string of the molecule is COc1ccc(Cl)cc1NC(=O)C1C[C@H]2CCC[C@H](C1)C2=O. The molecular formula is C17H20ClNO3. The van der Waals surface area contributed by atoms with Gasteiger partial charge < -0.3 is 10.1 Å². The van der Waals surface area contributed by atoms with Crippen LogP contribution in [-0.4, -0.2) is 18.8 Å². The minimum absolute atomic E-state index is 0.0371. The smallest absolute Gasteiger partial charge is 0.227 e. The van der Waals surface area contributed by atoms with Crippen molar-refractivity contribution < 1.29 is 14.3 Å². The van der Waals surface area contributed by atoms with Crippen LogP contribution in [0.2, 0.25) is 5.02 Å². The molecule has 0 saturated heterocycles. The van der Waals surface area contributed by atoms with Gasteiger partial charge in [-0.2, -0.15) is 0 Å². The normalized spacial score (nSPS) is 27.4. The Morgan fingerprint density at radius 2 is 1.95 bits per heavy atom. The summed E-state index contributed by atoms with van der Waals surface area (Å²) in [5, 5.41) is 3.46. The van der Waals surface area contributed by atoms with Crippen LogP contribution in [0.25, 0.3) is 0 Å². The summed E-state index contributed by atoms with van der Waals surface area (Å²) in [6.45, 7) is 0. The maximum Gasteiger partial charge on any atom is 0.227 e. The molecule has 4 nitrogen and oxygen atoms in total. The zero-order valence-corrected chi connectivity index (χ0v) is 13.4. The van der Waals surface area contributed by atoms with Gasteiger partial charge in [-0.05, 0) is 43.9 Å². The fourth-order valence-electron chi connectivity index (χ4n) is 3.71. The third-order valence-electron chi connectivity index (χ3n) is 4.84. The fourth-order valence-corrected chi connectivity index (χ4v) is 3.88. The number of ether oxygens (including phenoxy) is 1. The molecule has 2 aliphatic rings. The molecule has 0 aromatic heterocycles. The summed E-state index contributed by atoms with van der Waals surface area (Å²) < 4.78 is 5.25. The highest BCUT2D eigenvalue weighted by atomic mass is 35.5. The summed E-state index contributed by atoms with van der Waals surface area (Å²) in [6, 6.07) is 5.14. The number of Topliss-reactive ketones (excluding diaryl/α,β-unsaturated/α-hetero) is 1. The van der Waals surface area contributed by atoms with E-state index in [0.717, 1.165) is 19.3 Å². The first-order chi connectivity index (χ1) is 10.6. The molecule has 0 spiro atoms. The number of hydrogen-bond donors (Lipinski definition) is 1. The number of benzene rings is 1. The van der Waals surface area contributed by atoms with Crippen molar-refractivity contribution in [2.45, 2.75) is 32.1 Å². The largest absolute Gasteiger partial charge is 0.495 e. The number of halogens is 1. The second-order valence-electron chi connectivity index (χ2n) is 6.23. The number of hydrogen-bond acceptors (Lipinski definition) is 3. The Morgan fingerprint density at radius 3 is 2.59 bits per heavy atom. The molecular weight excluding hydrogens is 302 g/mol. The van der Waals surface area contributed by atoms with E-state index >= 15 is 0 Å². The van der Waals surface area contributed by atoms with Gasteiger partial charge in [0.1, 0.15) is 11.5 Å². The molecule has 2 saturated carbocycles. The van der Waals surface area contributed by atoms with Crippen molar-refractivity contribution in [1.82, 2.24) is 0 Å². The summed E-state index contributed by atoms with van der Waals surface area (Å²) in [4.78, 5) is 24.7. The highest BCUT2D eigenvalue weighted by Crippen LogP contribution is 2.40. The first kappa shape index (κ1) is 15.3. The number of amides is 1. The quantitative estimate of drug-likeness (QED) is 0.924. The third-order valence-corrected chi connectivity index (χ3v) is 5.07. The van der Waals surface area contributed by atoms with E-state index < -0.39 is 0 Å². The highest BCUT2D eigenvalue weighted by Gasteiger charge is 2.41. The van der Waals surface area contributed by atoms with Gasteiger partial charge in [0, 0.05) is 22.8 Å². The van der Waals surface area contributed by atoms with Crippen LogP contribution in [0.1, 0.15) is 32.1 Å². The number of nitrogens with one attached hydrogen (secondary N) is 1. The minimum Gasteiger partial charge on any atom is -0.495 e. The topological polar surface area (TPSA) is 55.4 Å². The Morgan fingerprint density at radius 1 is 1.27 bits per heavy atom. The van der Waals surface area contributed by atoms with Crippen LogP contribution >= 0.6 is 11.6 Å². The number of carbonyl (C=O) groups excluding carboxylic acids is 2. The molecule has 118 valence electrons. The lowest BCUT2D eigenvalue weighted by Gasteiger charge is -2.37. The Labute approximate surface area is 135 Å². The van der Waals surface area contributed by atoms with Crippen molar-refractivity contribution in [2.75, 3.05) is 12.4 Å². The zero-order valence-electron chi connectivity index (χ0n) is 12.6. The lowest BCUT2D eigenvalue weighted by atomic mass is 9.67. The van der Waals surface area contributed by atoms with Gasteiger partial charge in [-0.25, -0.2) is 0 Å². The van der Waals surface area contributed by atoms with Crippen LogP contribution in [0.15, 0.2) is 18.2 Å². The van der Waals surface area contributed by atoms with Crippen molar-refractivity contribution in [2.24, 2.45) is 17.8 Å². The van der Waals surface area contributed by atoms with Crippen LogP contribution in [-0.2, 0) is 9.59 Å². The first-order valence-corrected chi connectivity index (χ1v) is 8.14. The lowest BCUT2D eigenvalue weighted by molar-refractivity contribution is -0.136. The van der Waals surface area contributed by atoms with Gasteiger partial charge in [0.15, 0.2) is 0 Å². The van der Waals surface area contributed by atoms with Gasteiger partial charge >= 0.3 is 0 Å². The zero-order chi connectivity index (χ0) is 15.7.